The van der Waals surface area contributed by atoms with Crippen LogP contribution in [0, 0.1) is 25.2 Å². The second-order valence-electron chi connectivity index (χ2n) is 5.89. The standard InChI is InChI=1S/C14H17N3O4/c1-4-13(15)9-6-14(9,8(3)18)21-11(13)17-7(2)5-10(19)16-12(17)20/h1,5,8-9,11,18H,6,15H2,2-3H3,(H,16,19,20)/t8-,9?,11-,13?,14?/m1/s1. The molecule has 112 valence electrons. The highest BCUT2D eigenvalue weighted by molar-refractivity contribution is 5.34. The smallest absolute Gasteiger partial charge is 0.330 e. The molecule has 7 heteroatoms. The summed E-state index contributed by atoms with van der Waals surface area (Å²) in [7, 11) is 0. The molecule has 4 N–H and O–H groups in total. The highest BCUT2D eigenvalue weighted by Gasteiger charge is 2.75. The van der Waals surface area contributed by atoms with Gasteiger partial charge in [-0.25, -0.2) is 4.79 Å². The number of aromatic nitrogens is 2. The van der Waals surface area contributed by atoms with Crippen LogP contribution in [0.4, 0.5) is 0 Å². The van der Waals surface area contributed by atoms with E-state index in [-0.39, 0.29) is 5.92 Å². The van der Waals surface area contributed by atoms with Crippen molar-refractivity contribution in [2.45, 2.75) is 43.7 Å². The molecule has 0 radical (unpaired) electrons. The molecule has 0 aromatic carbocycles. The second-order valence-corrected chi connectivity index (χ2v) is 5.89. The summed E-state index contributed by atoms with van der Waals surface area (Å²) in [4.78, 5) is 25.6. The van der Waals surface area contributed by atoms with Gasteiger partial charge < -0.3 is 15.6 Å². The maximum atomic E-state index is 12.1. The zero-order valence-electron chi connectivity index (χ0n) is 11.8. The van der Waals surface area contributed by atoms with Crippen LogP contribution in [0.25, 0.3) is 0 Å². The largest absolute Gasteiger partial charge is 0.390 e. The molecule has 5 atom stereocenters. The van der Waals surface area contributed by atoms with E-state index in [0.29, 0.717) is 12.1 Å². The average Bonchev–Trinajstić information content (AvgIpc) is 3.07. The van der Waals surface area contributed by atoms with Gasteiger partial charge in [0.1, 0.15) is 11.1 Å². The monoisotopic (exact) mass is 291 g/mol. The number of hydrogen-bond donors (Lipinski definition) is 3. The number of nitrogens with one attached hydrogen (secondary N) is 1. The van der Waals surface area contributed by atoms with Gasteiger partial charge in [-0.05, 0) is 20.3 Å². The summed E-state index contributed by atoms with van der Waals surface area (Å²) >= 11 is 0. The van der Waals surface area contributed by atoms with Crippen molar-refractivity contribution in [2.75, 3.05) is 0 Å². The van der Waals surface area contributed by atoms with E-state index in [4.69, 9.17) is 16.9 Å². The Kier molecular flexibility index (Phi) is 2.73. The van der Waals surface area contributed by atoms with E-state index in [1.165, 1.54) is 10.6 Å². The van der Waals surface area contributed by atoms with Gasteiger partial charge in [0.05, 0.1) is 6.10 Å². The van der Waals surface area contributed by atoms with Gasteiger partial charge in [-0.1, -0.05) is 5.92 Å². The third-order valence-corrected chi connectivity index (χ3v) is 4.63. The molecule has 3 rings (SSSR count). The van der Waals surface area contributed by atoms with E-state index < -0.39 is 34.7 Å². The molecule has 1 aromatic heterocycles. The second kappa shape index (κ2) is 4.07. The SMILES string of the molecule is C#CC1(N)C2CC2([C@@H](C)O)O[C@H]1n1c(C)cc(=O)[nH]c1=O. The lowest BCUT2D eigenvalue weighted by Gasteiger charge is -2.30. The molecule has 2 aliphatic rings. The van der Waals surface area contributed by atoms with Crippen molar-refractivity contribution in [3.05, 3.63) is 32.6 Å². The number of fused-ring (bicyclic) bond motifs is 1. The molecule has 1 saturated carbocycles. The van der Waals surface area contributed by atoms with Gasteiger partial charge in [0.2, 0.25) is 0 Å². The predicted molar refractivity (Wildman–Crippen MR) is 74.5 cm³/mol. The van der Waals surface area contributed by atoms with Crippen molar-refractivity contribution < 1.29 is 9.84 Å². The molecule has 0 amide bonds. The normalized spacial score (nSPS) is 38.6. The van der Waals surface area contributed by atoms with E-state index in [1.807, 2.05) is 0 Å². The number of aromatic amines is 1. The summed E-state index contributed by atoms with van der Waals surface area (Å²) in [5.41, 5.74) is 3.56. The molecule has 0 bridgehead atoms. The Hall–Kier alpha value is -1.88. The topological polar surface area (TPSA) is 110 Å². The van der Waals surface area contributed by atoms with Crippen molar-refractivity contribution in [1.29, 1.82) is 0 Å². The van der Waals surface area contributed by atoms with Crippen molar-refractivity contribution >= 4 is 0 Å². The van der Waals surface area contributed by atoms with Crippen LogP contribution in [0.15, 0.2) is 15.7 Å². The number of hydrogen-bond acceptors (Lipinski definition) is 5. The van der Waals surface area contributed by atoms with Crippen LogP contribution in [0.3, 0.4) is 0 Å². The summed E-state index contributed by atoms with van der Waals surface area (Å²) in [6.07, 6.45) is 4.47. The van der Waals surface area contributed by atoms with Crippen molar-refractivity contribution in [1.82, 2.24) is 9.55 Å². The molecular formula is C14H17N3O4. The summed E-state index contributed by atoms with van der Waals surface area (Å²) in [5, 5.41) is 9.93. The Bertz CT molecular complexity index is 759. The Labute approximate surface area is 120 Å². The number of rotatable bonds is 2. The number of terminal acetylenes is 1. The number of aliphatic hydroxyl groups excluding tert-OH is 1. The number of aryl methyl sites for hydroxylation is 1. The maximum Gasteiger partial charge on any atom is 0.330 e. The first-order chi connectivity index (χ1) is 9.76. The number of aliphatic hydroxyl groups is 1. The summed E-state index contributed by atoms with van der Waals surface area (Å²) < 4.78 is 7.15. The lowest BCUT2D eigenvalue weighted by molar-refractivity contribution is -0.0996. The molecule has 2 fully saturated rings. The fourth-order valence-electron chi connectivity index (χ4n) is 3.35. The maximum absolute atomic E-state index is 12.1. The third-order valence-electron chi connectivity index (χ3n) is 4.63. The van der Waals surface area contributed by atoms with Gasteiger partial charge in [-0.15, -0.1) is 6.42 Å². The van der Waals surface area contributed by atoms with Crippen LogP contribution >= 0.6 is 0 Å². The molecule has 1 saturated heterocycles. The number of H-pyrrole nitrogens is 1. The summed E-state index contributed by atoms with van der Waals surface area (Å²) in [5.74, 6) is 2.30. The lowest BCUT2D eigenvalue weighted by Crippen LogP contribution is -2.50. The zero-order chi connectivity index (χ0) is 15.6. The Morgan fingerprint density at radius 3 is 2.86 bits per heavy atom. The van der Waals surface area contributed by atoms with Crippen LogP contribution in [0.5, 0.6) is 0 Å². The number of nitrogens with zero attached hydrogens (tertiary/aromatic N) is 1. The van der Waals surface area contributed by atoms with Crippen LogP contribution in [-0.2, 0) is 4.74 Å². The Balaban J connectivity index is 2.14. The van der Waals surface area contributed by atoms with Gasteiger partial charge in [-0.2, -0.15) is 0 Å². The third kappa shape index (κ3) is 1.67. The fourth-order valence-corrected chi connectivity index (χ4v) is 3.35. The molecule has 2 heterocycles. The first-order valence-corrected chi connectivity index (χ1v) is 6.71. The van der Waals surface area contributed by atoms with E-state index in [1.54, 1.807) is 13.8 Å². The minimum absolute atomic E-state index is 0.224. The van der Waals surface area contributed by atoms with Crippen molar-refractivity contribution in [3.8, 4) is 12.3 Å². The molecule has 1 aliphatic carbocycles. The first-order valence-electron chi connectivity index (χ1n) is 6.71. The van der Waals surface area contributed by atoms with Crippen LogP contribution in [0.1, 0.15) is 25.3 Å². The number of nitrogens with two attached hydrogens (primary N) is 1. The first kappa shape index (κ1) is 14.1. The van der Waals surface area contributed by atoms with Gasteiger partial charge in [0.25, 0.3) is 5.56 Å². The molecule has 1 aliphatic heterocycles. The lowest BCUT2D eigenvalue weighted by atomic mass is 9.92. The van der Waals surface area contributed by atoms with E-state index in [9.17, 15) is 14.7 Å². The minimum Gasteiger partial charge on any atom is -0.390 e. The van der Waals surface area contributed by atoms with E-state index in [0.717, 1.165) is 0 Å². The zero-order valence-corrected chi connectivity index (χ0v) is 11.8. The van der Waals surface area contributed by atoms with Crippen LogP contribution < -0.4 is 17.0 Å². The van der Waals surface area contributed by atoms with Crippen LogP contribution in [-0.4, -0.2) is 31.9 Å². The molecule has 21 heavy (non-hydrogen) atoms. The molecule has 1 aromatic rings. The van der Waals surface area contributed by atoms with Crippen molar-refractivity contribution in [3.63, 3.8) is 0 Å². The summed E-state index contributed by atoms with van der Waals surface area (Å²) in [6, 6.07) is 1.28. The minimum atomic E-state index is -1.20. The van der Waals surface area contributed by atoms with Crippen molar-refractivity contribution in [2.24, 2.45) is 11.7 Å². The highest BCUT2D eigenvalue weighted by atomic mass is 16.6. The molecular weight excluding hydrogens is 274 g/mol. The fraction of sp³-hybridized carbons (Fsp3) is 0.571. The summed E-state index contributed by atoms with van der Waals surface area (Å²) in [6.45, 7) is 3.22. The highest BCUT2D eigenvalue weighted by Crippen LogP contribution is 2.64. The molecule has 0 spiro atoms. The molecule has 7 nitrogen and oxygen atoms in total. The van der Waals surface area contributed by atoms with Gasteiger partial charge in [0, 0.05) is 17.7 Å². The van der Waals surface area contributed by atoms with E-state index >= 15 is 0 Å². The van der Waals surface area contributed by atoms with Gasteiger partial charge in [-0.3, -0.25) is 14.3 Å². The van der Waals surface area contributed by atoms with Crippen LogP contribution in [0.2, 0.25) is 0 Å². The average molecular weight is 291 g/mol. The Morgan fingerprint density at radius 1 is 1.67 bits per heavy atom. The Morgan fingerprint density at radius 2 is 2.33 bits per heavy atom. The van der Waals surface area contributed by atoms with Gasteiger partial charge in [0.15, 0.2) is 6.23 Å². The predicted octanol–water partition coefficient (Wildman–Crippen LogP) is -1.16. The van der Waals surface area contributed by atoms with E-state index in [2.05, 4.69) is 10.9 Å². The molecule has 3 unspecified atom stereocenters. The number of ether oxygens (including phenoxy) is 1. The quantitative estimate of drug-likeness (QED) is 0.596. The van der Waals surface area contributed by atoms with Gasteiger partial charge >= 0.3 is 5.69 Å².